The van der Waals surface area contributed by atoms with Crippen molar-refractivity contribution in [2.45, 2.75) is 58.2 Å². The minimum atomic E-state index is 0.267. The molecule has 0 spiro atoms. The maximum atomic E-state index is 6.04. The first-order valence-electron chi connectivity index (χ1n) is 8.36. The van der Waals surface area contributed by atoms with Crippen molar-refractivity contribution in [2.24, 2.45) is 5.73 Å². The lowest BCUT2D eigenvalue weighted by atomic mass is 10.0. The van der Waals surface area contributed by atoms with Crippen LogP contribution in [0.1, 0.15) is 51.1 Å². The largest absolute Gasteiger partial charge is 0.377 e. The Morgan fingerprint density at radius 3 is 3.00 bits per heavy atom. The summed E-state index contributed by atoms with van der Waals surface area (Å²) in [6.45, 7) is 8.89. The number of hydrogen-bond acceptors (Lipinski definition) is 4. The molecule has 1 aromatic heterocycles. The van der Waals surface area contributed by atoms with Crippen LogP contribution in [0.2, 0.25) is 0 Å². The molecule has 120 valence electrons. The van der Waals surface area contributed by atoms with E-state index in [9.17, 15) is 0 Å². The first kappa shape index (κ1) is 16.5. The van der Waals surface area contributed by atoms with Crippen molar-refractivity contribution in [2.75, 3.05) is 26.2 Å². The zero-order valence-corrected chi connectivity index (χ0v) is 13.5. The lowest BCUT2D eigenvalue weighted by Gasteiger charge is -2.37. The smallest absolute Gasteiger partial charge is 0.0702 e. The van der Waals surface area contributed by atoms with Crippen molar-refractivity contribution in [3.8, 4) is 0 Å². The molecule has 2 atom stereocenters. The van der Waals surface area contributed by atoms with Crippen LogP contribution in [0.4, 0.5) is 0 Å². The van der Waals surface area contributed by atoms with Crippen molar-refractivity contribution in [3.63, 3.8) is 0 Å². The van der Waals surface area contributed by atoms with E-state index in [1.54, 1.807) is 0 Å². The van der Waals surface area contributed by atoms with E-state index in [0.717, 1.165) is 39.1 Å². The molecule has 1 aliphatic rings. The number of aryl methyl sites for hydroxylation is 1. The van der Waals surface area contributed by atoms with Gasteiger partial charge < -0.3 is 10.5 Å². The fourth-order valence-corrected chi connectivity index (χ4v) is 3.07. The highest BCUT2D eigenvalue weighted by molar-refractivity contribution is 5.12. The highest BCUT2D eigenvalue weighted by Gasteiger charge is 2.27. The molecule has 0 amide bonds. The van der Waals surface area contributed by atoms with Gasteiger partial charge in [0.1, 0.15) is 0 Å². The van der Waals surface area contributed by atoms with E-state index in [1.165, 1.54) is 18.4 Å². The van der Waals surface area contributed by atoms with Crippen molar-refractivity contribution in [1.82, 2.24) is 14.7 Å². The van der Waals surface area contributed by atoms with Crippen molar-refractivity contribution < 1.29 is 4.74 Å². The van der Waals surface area contributed by atoms with Crippen LogP contribution in [-0.4, -0.2) is 47.0 Å². The Balaban J connectivity index is 1.98. The maximum Gasteiger partial charge on any atom is 0.0702 e. The van der Waals surface area contributed by atoms with Crippen LogP contribution in [0.25, 0.3) is 0 Å². The monoisotopic (exact) mass is 294 g/mol. The average molecular weight is 294 g/mol. The molecule has 1 saturated heterocycles. The SMILES string of the molecule is CCCOC1CCCN(C(CN)c2cnn(CCC)c2)C1. The van der Waals surface area contributed by atoms with Crippen LogP contribution in [0.15, 0.2) is 12.4 Å². The van der Waals surface area contributed by atoms with Gasteiger partial charge in [-0.2, -0.15) is 5.10 Å². The van der Waals surface area contributed by atoms with Gasteiger partial charge in [0.25, 0.3) is 0 Å². The average Bonchev–Trinajstić information content (AvgIpc) is 2.95. The summed E-state index contributed by atoms with van der Waals surface area (Å²) in [5, 5.41) is 4.44. The van der Waals surface area contributed by atoms with Crippen LogP contribution in [0.3, 0.4) is 0 Å². The van der Waals surface area contributed by atoms with Crippen LogP contribution in [-0.2, 0) is 11.3 Å². The molecule has 1 aliphatic heterocycles. The zero-order chi connectivity index (χ0) is 15.1. The highest BCUT2D eigenvalue weighted by atomic mass is 16.5. The summed E-state index contributed by atoms with van der Waals surface area (Å²) in [7, 11) is 0. The molecular formula is C16H30N4O. The van der Waals surface area contributed by atoms with E-state index < -0.39 is 0 Å². The third-order valence-electron chi connectivity index (χ3n) is 4.12. The van der Waals surface area contributed by atoms with Gasteiger partial charge in [0, 0.05) is 38.0 Å². The number of rotatable bonds is 8. The van der Waals surface area contributed by atoms with Gasteiger partial charge in [-0.05, 0) is 32.2 Å². The van der Waals surface area contributed by atoms with Crippen LogP contribution in [0.5, 0.6) is 0 Å². The quantitative estimate of drug-likeness (QED) is 0.798. The van der Waals surface area contributed by atoms with E-state index in [2.05, 4.69) is 30.0 Å². The van der Waals surface area contributed by atoms with E-state index in [1.807, 2.05) is 10.9 Å². The molecule has 0 bridgehead atoms. The van der Waals surface area contributed by atoms with Gasteiger partial charge in [-0.25, -0.2) is 0 Å². The van der Waals surface area contributed by atoms with Crippen LogP contribution < -0.4 is 5.73 Å². The number of nitrogens with two attached hydrogens (primary N) is 1. The molecule has 0 aromatic carbocycles. The summed E-state index contributed by atoms with van der Waals surface area (Å²) in [6.07, 6.45) is 9.03. The van der Waals surface area contributed by atoms with E-state index >= 15 is 0 Å². The summed E-state index contributed by atoms with van der Waals surface area (Å²) in [5.74, 6) is 0. The Hall–Kier alpha value is -0.910. The second kappa shape index (κ2) is 8.51. The van der Waals surface area contributed by atoms with E-state index in [4.69, 9.17) is 10.5 Å². The van der Waals surface area contributed by atoms with E-state index in [0.29, 0.717) is 12.6 Å². The van der Waals surface area contributed by atoms with Crippen molar-refractivity contribution >= 4 is 0 Å². The number of nitrogens with zero attached hydrogens (tertiary/aromatic N) is 3. The third-order valence-corrected chi connectivity index (χ3v) is 4.12. The summed E-state index contributed by atoms with van der Waals surface area (Å²) < 4.78 is 7.95. The molecule has 2 N–H and O–H groups in total. The molecule has 0 aliphatic carbocycles. The molecule has 1 fully saturated rings. The van der Waals surface area contributed by atoms with Crippen molar-refractivity contribution in [1.29, 1.82) is 0 Å². The molecule has 0 saturated carbocycles. The Labute approximate surface area is 128 Å². The van der Waals surface area contributed by atoms with Gasteiger partial charge in [0.05, 0.1) is 18.3 Å². The Morgan fingerprint density at radius 2 is 2.29 bits per heavy atom. The predicted molar refractivity (Wildman–Crippen MR) is 85.2 cm³/mol. The van der Waals surface area contributed by atoms with Crippen LogP contribution in [0, 0.1) is 0 Å². The van der Waals surface area contributed by atoms with Gasteiger partial charge in [-0.1, -0.05) is 13.8 Å². The number of piperidine rings is 1. The Bertz CT molecular complexity index is 407. The minimum absolute atomic E-state index is 0.267. The summed E-state index contributed by atoms with van der Waals surface area (Å²) in [6, 6.07) is 0.267. The van der Waals surface area contributed by atoms with Gasteiger partial charge in [0.2, 0.25) is 0 Å². The van der Waals surface area contributed by atoms with Crippen LogP contribution >= 0.6 is 0 Å². The second-order valence-corrected chi connectivity index (χ2v) is 5.92. The maximum absolute atomic E-state index is 6.04. The molecule has 5 nitrogen and oxygen atoms in total. The molecule has 1 aromatic rings. The minimum Gasteiger partial charge on any atom is -0.377 e. The molecule has 2 unspecified atom stereocenters. The topological polar surface area (TPSA) is 56.3 Å². The number of aromatic nitrogens is 2. The fourth-order valence-electron chi connectivity index (χ4n) is 3.07. The first-order valence-corrected chi connectivity index (χ1v) is 8.36. The van der Waals surface area contributed by atoms with Crippen molar-refractivity contribution in [3.05, 3.63) is 18.0 Å². The molecular weight excluding hydrogens is 264 g/mol. The van der Waals surface area contributed by atoms with Gasteiger partial charge >= 0.3 is 0 Å². The lowest BCUT2D eigenvalue weighted by Crippen LogP contribution is -2.44. The first-order chi connectivity index (χ1) is 10.3. The zero-order valence-electron chi connectivity index (χ0n) is 13.5. The number of hydrogen-bond donors (Lipinski definition) is 1. The predicted octanol–water partition coefficient (Wildman–Crippen LogP) is 2.18. The number of ether oxygens (including phenoxy) is 1. The third kappa shape index (κ3) is 4.53. The van der Waals surface area contributed by atoms with Gasteiger partial charge in [0.15, 0.2) is 0 Å². The highest BCUT2D eigenvalue weighted by Crippen LogP contribution is 2.24. The van der Waals surface area contributed by atoms with Gasteiger partial charge in [-0.15, -0.1) is 0 Å². The molecule has 2 heterocycles. The fraction of sp³-hybridized carbons (Fsp3) is 0.812. The summed E-state index contributed by atoms with van der Waals surface area (Å²) >= 11 is 0. The summed E-state index contributed by atoms with van der Waals surface area (Å²) in [4.78, 5) is 2.47. The molecule has 21 heavy (non-hydrogen) atoms. The Morgan fingerprint density at radius 1 is 1.43 bits per heavy atom. The molecule has 0 radical (unpaired) electrons. The Kier molecular flexibility index (Phi) is 6.67. The summed E-state index contributed by atoms with van der Waals surface area (Å²) in [5.41, 5.74) is 7.28. The normalized spacial score (nSPS) is 21.6. The second-order valence-electron chi connectivity index (χ2n) is 5.92. The lowest BCUT2D eigenvalue weighted by molar-refractivity contribution is -0.0118. The van der Waals surface area contributed by atoms with E-state index in [-0.39, 0.29) is 6.04 Å². The molecule has 2 rings (SSSR count). The number of likely N-dealkylation sites (tertiary alicyclic amines) is 1. The van der Waals surface area contributed by atoms with Gasteiger partial charge in [-0.3, -0.25) is 9.58 Å². The molecule has 5 heteroatoms. The standard InChI is InChI=1S/C16H30N4O/c1-3-7-20-12-14(11-18-20)16(10-17)19-8-5-6-15(13-19)21-9-4-2/h11-12,15-16H,3-10,13,17H2,1-2H3.